The normalized spacial score (nSPS) is 21.7. The molecule has 1 aromatic carbocycles. The predicted octanol–water partition coefficient (Wildman–Crippen LogP) is 2.78. The fourth-order valence-corrected chi connectivity index (χ4v) is 6.66. The largest absolute Gasteiger partial charge is 0.489 e. The topological polar surface area (TPSA) is 132 Å². The van der Waals surface area contributed by atoms with Crippen molar-refractivity contribution in [1.29, 1.82) is 0 Å². The van der Waals surface area contributed by atoms with Crippen LogP contribution in [-0.2, 0) is 15.0 Å². The summed E-state index contributed by atoms with van der Waals surface area (Å²) in [6, 6.07) is 9.49. The van der Waals surface area contributed by atoms with E-state index in [0.29, 0.717) is 37.1 Å². The molecule has 1 unspecified atom stereocenters. The van der Waals surface area contributed by atoms with Gasteiger partial charge < -0.3 is 20.1 Å². The minimum Gasteiger partial charge on any atom is -0.489 e. The summed E-state index contributed by atoms with van der Waals surface area (Å²) in [5.41, 5.74) is 0.530. The van der Waals surface area contributed by atoms with Gasteiger partial charge in [-0.25, -0.2) is 13.8 Å². The first-order valence-corrected chi connectivity index (χ1v) is 13.5. The molecule has 3 heterocycles. The number of hydrogen-bond acceptors (Lipinski definition) is 7. The Morgan fingerprint density at radius 1 is 1.25 bits per heavy atom. The van der Waals surface area contributed by atoms with Crippen LogP contribution >= 0.6 is 0 Å². The van der Waals surface area contributed by atoms with Crippen molar-refractivity contribution in [3.8, 4) is 5.75 Å². The van der Waals surface area contributed by atoms with E-state index in [1.165, 1.54) is 6.92 Å². The highest BCUT2D eigenvalue weighted by atomic mass is 19.3. The van der Waals surface area contributed by atoms with E-state index in [0.717, 1.165) is 16.6 Å². The van der Waals surface area contributed by atoms with Crippen molar-refractivity contribution >= 4 is 28.5 Å². The Morgan fingerprint density at radius 2 is 2.00 bits per heavy atom. The minimum absolute atomic E-state index is 0.0311. The molecule has 0 bridgehead atoms. The summed E-state index contributed by atoms with van der Waals surface area (Å²) in [5.74, 6) is -2.68. The Bertz CT molecular complexity index is 1430. The second-order valence-corrected chi connectivity index (χ2v) is 11.4. The van der Waals surface area contributed by atoms with Gasteiger partial charge in [-0.15, -0.1) is 0 Å². The van der Waals surface area contributed by atoms with Crippen molar-refractivity contribution in [2.24, 2.45) is 0 Å². The van der Waals surface area contributed by atoms with E-state index < -0.39 is 41.9 Å². The number of aromatic nitrogens is 3. The number of rotatable bonds is 8. The van der Waals surface area contributed by atoms with Crippen LogP contribution in [0.3, 0.4) is 0 Å². The summed E-state index contributed by atoms with van der Waals surface area (Å²) in [6.45, 7) is 1.21. The lowest BCUT2D eigenvalue weighted by Gasteiger charge is -2.48. The molecule has 2 aliphatic carbocycles. The van der Waals surface area contributed by atoms with Crippen LogP contribution in [0.5, 0.6) is 5.75 Å². The molecular weight excluding hydrogens is 522 g/mol. The van der Waals surface area contributed by atoms with Crippen LogP contribution in [0.2, 0.25) is 0 Å². The number of fused-ring (bicyclic) bond motifs is 3. The van der Waals surface area contributed by atoms with Gasteiger partial charge in [0.2, 0.25) is 11.8 Å². The summed E-state index contributed by atoms with van der Waals surface area (Å²) in [6.07, 6.45) is 3.66. The molecule has 10 nitrogen and oxygen atoms in total. The van der Waals surface area contributed by atoms with Gasteiger partial charge >= 0.3 is 0 Å². The standard InChI is InChI=1S/C28H32F2N6O4/c1-17(37)34-26(14-28(29,30)15-26)16-32-23(38)13-36-22-5-3-2-4-21(22)27(25(36)39)8-6-19(7-9-27)40-20-10-18-11-33-35-24(18)31-12-20/h2-5,10-12,19,23,32,38H,6-9,13-16H2,1H3,(H,34,37)(H,31,33,35). The van der Waals surface area contributed by atoms with Crippen molar-refractivity contribution in [3.05, 3.63) is 48.3 Å². The molecule has 2 saturated carbocycles. The molecule has 1 spiro atoms. The average Bonchev–Trinajstić information content (AvgIpc) is 3.45. The highest BCUT2D eigenvalue weighted by Gasteiger charge is 2.57. The quantitative estimate of drug-likeness (QED) is 0.315. The molecule has 4 N–H and O–H groups in total. The maximum absolute atomic E-state index is 13.9. The third-order valence-corrected chi connectivity index (χ3v) is 8.39. The van der Waals surface area contributed by atoms with Crippen LogP contribution in [0, 0.1) is 0 Å². The third kappa shape index (κ3) is 4.79. The molecule has 6 rings (SSSR count). The number of H-pyrrole nitrogens is 1. The van der Waals surface area contributed by atoms with Gasteiger partial charge in [0, 0.05) is 37.4 Å². The highest BCUT2D eigenvalue weighted by molar-refractivity contribution is 6.08. The summed E-state index contributed by atoms with van der Waals surface area (Å²) in [7, 11) is 0. The average molecular weight is 555 g/mol. The number of alkyl halides is 2. The monoisotopic (exact) mass is 554 g/mol. The summed E-state index contributed by atoms with van der Waals surface area (Å²) in [4.78, 5) is 31.4. The number of β-amino-alcohol motifs (C(OH)–C–C–N with tert-alkyl or cyclic N) is 1. The number of nitrogens with zero attached hydrogens (tertiary/aromatic N) is 3. The van der Waals surface area contributed by atoms with E-state index in [4.69, 9.17) is 4.74 Å². The number of aliphatic hydroxyl groups excluding tert-OH is 1. The molecule has 0 saturated heterocycles. The van der Waals surface area contributed by atoms with E-state index in [1.54, 1.807) is 17.3 Å². The number of nitrogens with one attached hydrogen (secondary N) is 3. The minimum atomic E-state index is -2.85. The maximum atomic E-state index is 13.9. The van der Waals surface area contributed by atoms with Crippen LogP contribution in [0.4, 0.5) is 14.5 Å². The molecule has 12 heteroatoms. The molecule has 2 aromatic heterocycles. The zero-order valence-electron chi connectivity index (χ0n) is 22.1. The van der Waals surface area contributed by atoms with Gasteiger partial charge in [-0.05, 0) is 43.4 Å². The SMILES string of the molecule is CC(=O)NC1(CNC(O)CN2C(=O)C3(CCC(Oc4cnc5[nH]ncc5c4)CC3)c3ccccc32)CC(F)(F)C1. The molecule has 1 aliphatic heterocycles. The number of aromatic amines is 1. The van der Waals surface area contributed by atoms with E-state index in [1.807, 2.05) is 30.3 Å². The number of carbonyl (C=O) groups is 2. The zero-order chi connectivity index (χ0) is 28.1. The first-order chi connectivity index (χ1) is 19.1. The number of benzene rings is 1. The summed E-state index contributed by atoms with van der Waals surface area (Å²) < 4.78 is 33.5. The van der Waals surface area contributed by atoms with E-state index >= 15 is 0 Å². The molecule has 1 atom stereocenters. The van der Waals surface area contributed by atoms with Crippen LogP contribution in [0.25, 0.3) is 11.0 Å². The van der Waals surface area contributed by atoms with Crippen molar-refractivity contribution in [1.82, 2.24) is 25.8 Å². The maximum Gasteiger partial charge on any atom is 0.252 e. The number of amides is 2. The van der Waals surface area contributed by atoms with Crippen LogP contribution < -0.4 is 20.3 Å². The number of pyridine rings is 1. The number of ether oxygens (including phenoxy) is 1. The molecule has 0 radical (unpaired) electrons. The summed E-state index contributed by atoms with van der Waals surface area (Å²) >= 11 is 0. The molecule has 3 aromatic rings. The molecule has 3 aliphatic rings. The Morgan fingerprint density at radius 3 is 2.73 bits per heavy atom. The number of aliphatic hydroxyl groups is 1. The van der Waals surface area contributed by atoms with Crippen LogP contribution in [0.15, 0.2) is 42.7 Å². The summed E-state index contributed by atoms with van der Waals surface area (Å²) in [5, 5.41) is 24.0. The number of para-hydroxylation sites is 1. The van der Waals surface area contributed by atoms with E-state index in [-0.39, 0.29) is 25.1 Å². The number of halogens is 2. The van der Waals surface area contributed by atoms with Gasteiger partial charge in [0.1, 0.15) is 12.0 Å². The fourth-order valence-electron chi connectivity index (χ4n) is 6.66. The molecule has 2 amide bonds. The first kappa shape index (κ1) is 26.6. The van der Waals surface area contributed by atoms with Crippen molar-refractivity contribution < 1.29 is 28.2 Å². The van der Waals surface area contributed by atoms with Gasteiger partial charge in [0.15, 0.2) is 5.65 Å². The first-order valence-electron chi connectivity index (χ1n) is 13.5. The number of anilines is 1. The molecule has 2 fully saturated rings. The third-order valence-electron chi connectivity index (χ3n) is 8.39. The van der Waals surface area contributed by atoms with Crippen molar-refractivity contribution in [2.75, 3.05) is 18.0 Å². The van der Waals surface area contributed by atoms with Gasteiger partial charge in [-0.1, -0.05) is 18.2 Å². The van der Waals surface area contributed by atoms with Gasteiger partial charge in [0.05, 0.1) is 36.0 Å². The van der Waals surface area contributed by atoms with Crippen molar-refractivity contribution in [2.45, 2.75) is 74.7 Å². The van der Waals surface area contributed by atoms with Crippen LogP contribution in [0.1, 0.15) is 51.0 Å². The van der Waals surface area contributed by atoms with Crippen molar-refractivity contribution in [3.63, 3.8) is 0 Å². The molecular formula is C28H32F2N6O4. The lowest BCUT2D eigenvalue weighted by Crippen LogP contribution is -2.67. The Hall–Kier alpha value is -3.64. The van der Waals surface area contributed by atoms with E-state index in [9.17, 15) is 23.5 Å². The Labute approximate surface area is 229 Å². The number of hydrogen-bond donors (Lipinski definition) is 4. The lowest BCUT2D eigenvalue weighted by atomic mass is 9.69. The van der Waals surface area contributed by atoms with Gasteiger partial charge in [-0.2, -0.15) is 5.10 Å². The predicted molar refractivity (Wildman–Crippen MR) is 142 cm³/mol. The molecule has 212 valence electrons. The fraction of sp³-hybridized carbons (Fsp3) is 0.500. The van der Waals surface area contributed by atoms with E-state index in [2.05, 4.69) is 25.8 Å². The second kappa shape index (κ2) is 9.77. The second-order valence-electron chi connectivity index (χ2n) is 11.4. The Kier molecular flexibility index (Phi) is 6.49. The molecule has 40 heavy (non-hydrogen) atoms. The van der Waals surface area contributed by atoms with Gasteiger partial charge in [0.25, 0.3) is 5.92 Å². The van der Waals surface area contributed by atoms with Gasteiger partial charge in [-0.3, -0.25) is 20.0 Å². The lowest BCUT2D eigenvalue weighted by molar-refractivity contribution is -0.146. The smallest absolute Gasteiger partial charge is 0.252 e. The number of carbonyl (C=O) groups excluding carboxylic acids is 2. The van der Waals surface area contributed by atoms with Crippen LogP contribution in [-0.4, -0.2) is 69.0 Å². The Balaban J connectivity index is 1.11. The highest BCUT2D eigenvalue weighted by Crippen LogP contribution is 2.50. The zero-order valence-corrected chi connectivity index (χ0v) is 22.1.